The molecule has 0 radical (unpaired) electrons. The maximum atomic E-state index is 6.11. The summed E-state index contributed by atoms with van der Waals surface area (Å²) in [5.41, 5.74) is 1.18. The molecule has 0 fully saturated rings. The normalized spacial score (nSPS) is 12.8. The summed E-state index contributed by atoms with van der Waals surface area (Å²) < 4.78 is 0. The van der Waals surface area contributed by atoms with Gasteiger partial charge in [-0.1, -0.05) is 29.8 Å². The summed E-state index contributed by atoms with van der Waals surface area (Å²) in [6.07, 6.45) is 3.20. The Bertz CT molecular complexity index is 276. The summed E-state index contributed by atoms with van der Waals surface area (Å²) in [6.45, 7) is 0. The second-order valence-corrected chi connectivity index (χ2v) is 4.86. The van der Waals surface area contributed by atoms with Crippen LogP contribution in [0.25, 0.3) is 0 Å². The standard InChI is InChI=1S/C11H14Cl2S/c1-14-7-6-9(8-12)10-4-2-3-5-11(10)13/h2-5,9H,6-8H2,1H3. The molecule has 0 nitrogen and oxygen atoms in total. The van der Waals surface area contributed by atoms with Crippen LogP contribution < -0.4 is 0 Å². The van der Waals surface area contributed by atoms with Gasteiger partial charge in [-0.3, -0.25) is 0 Å². The lowest BCUT2D eigenvalue weighted by atomic mass is 9.98. The third kappa shape index (κ3) is 3.38. The van der Waals surface area contributed by atoms with Crippen LogP contribution in [0, 0.1) is 0 Å². The fourth-order valence-corrected chi connectivity index (χ4v) is 2.51. The van der Waals surface area contributed by atoms with Crippen molar-refractivity contribution in [2.45, 2.75) is 12.3 Å². The molecule has 1 aromatic rings. The molecule has 1 unspecified atom stereocenters. The first kappa shape index (κ1) is 12.2. The van der Waals surface area contributed by atoms with Crippen LogP contribution in [0.1, 0.15) is 17.9 Å². The maximum absolute atomic E-state index is 6.11. The van der Waals surface area contributed by atoms with E-state index in [-0.39, 0.29) is 0 Å². The van der Waals surface area contributed by atoms with Crippen LogP contribution in [0.2, 0.25) is 5.02 Å². The zero-order chi connectivity index (χ0) is 10.4. The smallest absolute Gasteiger partial charge is 0.0441 e. The van der Waals surface area contributed by atoms with Gasteiger partial charge in [0.1, 0.15) is 0 Å². The lowest BCUT2D eigenvalue weighted by molar-refractivity contribution is 0.748. The molecule has 3 heteroatoms. The van der Waals surface area contributed by atoms with Gasteiger partial charge in [-0.05, 0) is 36.0 Å². The van der Waals surface area contributed by atoms with E-state index in [0.29, 0.717) is 11.8 Å². The van der Waals surface area contributed by atoms with Crippen molar-refractivity contribution in [1.82, 2.24) is 0 Å². The van der Waals surface area contributed by atoms with Crippen molar-refractivity contribution in [1.29, 1.82) is 0 Å². The van der Waals surface area contributed by atoms with E-state index in [1.807, 2.05) is 30.0 Å². The van der Waals surface area contributed by atoms with E-state index in [1.54, 1.807) is 0 Å². The minimum absolute atomic E-state index is 0.387. The highest BCUT2D eigenvalue weighted by atomic mass is 35.5. The second kappa shape index (κ2) is 6.60. The first-order chi connectivity index (χ1) is 6.79. The van der Waals surface area contributed by atoms with Crippen LogP contribution in [-0.2, 0) is 0 Å². The maximum Gasteiger partial charge on any atom is 0.0441 e. The highest BCUT2D eigenvalue weighted by Gasteiger charge is 2.12. The summed E-state index contributed by atoms with van der Waals surface area (Å²) in [6, 6.07) is 7.96. The van der Waals surface area contributed by atoms with E-state index in [2.05, 4.69) is 12.3 Å². The molecule has 78 valence electrons. The van der Waals surface area contributed by atoms with E-state index < -0.39 is 0 Å². The molecule has 0 aromatic heterocycles. The Kier molecular flexibility index (Phi) is 5.76. The molecule has 1 atom stereocenters. The van der Waals surface area contributed by atoms with Crippen LogP contribution in [-0.4, -0.2) is 17.9 Å². The Morgan fingerprint density at radius 2 is 2.07 bits per heavy atom. The molecule has 0 saturated heterocycles. The zero-order valence-electron chi connectivity index (χ0n) is 8.17. The van der Waals surface area contributed by atoms with E-state index in [9.17, 15) is 0 Å². The molecule has 0 N–H and O–H groups in total. The van der Waals surface area contributed by atoms with Gasteiger partial charge in [0.15, 0.2) is 0 Å². The Hall–Kier alpha value is 0.150. The van der Waals surface area contributed by atoms with Crippen LogP contribution in [0.3, 0.4) is 0 Å². The van der Waals surface area contributed by atoms with Crippen molar-refractivity contribution in [3.63, 3.8) is 0 Å². The van der Waals surface area contributed by atoms with Crippen molar-refractivity contribution < 1.29 is 0 Å². The number of hydrogen-bond acceptors (Lipinski definition) is 1. The molecular formula is C11H14Cl2S. The predicted octanol–water partition coefficient (Wildman–Crippen LogP) is 4.42. The number of rotatable bonds is 5. The van der Waals surface area contributed by atoms with Gasteiger partial charge >= 0.3 is 0 Å². The lowest BCUT2D eigenvalue weighted by Gasteiger charge is -2.14. The molecule has 0 aliphatic heterocycles. The third-order valence-corrected chi connectivity index (χ3v) is 3.56. The number of hydrogen-bond donors (Lipinski definition) is 0. The topological polar surface area (TPSA) is 0 Å². The average molecular weight is 249 g/mol. The summed E-state index contributed by atoms with van der Waals surface area (Å²) in [4.78, 5) is 0. The predicted molar refractivity (Wildman–Crippen MR) is 67.9 cm³/mol. The Morgan fingerprint density at radius 3 is 2.64 bits per heavy atom. The molecule has 0 aliphatic rings. The Balaban J connectivity index is 2.73. The number of benzene rings is 1. The van der Waals surface area contributed by atoms with Gasteiger partial charge < -0.3 is 0 Å². The minimum Gasteiger partial charge on any atom is -0.165 e. The largest absolute Gasteiger partial charge is 0.165 e. The van der Waals surface area contributed by atoms with E-state index in [0.717, 1.165) is 17.2 Å². The molecule has 0 aliphatic carbocycles. The van der Waals surface area contributed by atoms with Crippen molar-refractivity contribution in [2.75, 3.05) is 17.9 Å². The molecule has 0 spiro atoms. The Morgan fingerprint density at radius 1 is 1.36 bits per heavy atom. The highest BCUT2D eigenvalue weighted by Crippen LogP contribution is 2.28. The SMILES string of the molecule is CSCCC(CCl)c1ccccc1Cl. The highest BCUT2D eigenvalue weighted by molar-refractivity contribution is 7.98. The molecule has 0 amide bonds. The molecule has 0 bridgehead atoms. The molecule has 14 heavy (non-hydrogen) atoms. The van der Waals surface area contributed by atoms with Crippen LogP contribution >= 0.6 is 35.0 Å². The molecule has 0 heterocycles. The summed E-state index contributed by atoms with van der Waals surface area (Å²) in [5.74, 6) is 2.16. The van der Waals surface area contributed by atoms with Gasteiger partial charge in [0.25, 0.3) is 0 Å². The lowest BCUT2D eigenvalue weighted by Crippen LogP contribution is -2.02. The summed E-state index contributed by atoms with van der Waals surface area (Å²) >= 11 is 13.9. The van der Waals surface area contributed by atoms with Crippen LogP contribution in [0.4, 0.5) is 0 Å². The van der Waals surface area contributed by atoms with Gasteiger partial charge in [0.05, 0.1) is 0 Å². The second-order valence-electron chi connectivity index (χ2n) is 3.15. The van der Waals surface area contributed by atoms with Gasteiger partial charge in [0.2, 0.25) is 0 Å². The third-order valence-electron chi connectivity index (χ3n) is 2.20. The van der Waals surface area contributed by atoms with Gasteiger partial charge in [-0.25, -0.2) is 0 Å². The molecule has 1 rings (SSSR count). The van der Waals surface area contributed by atoms with Crippen molar-refractivity contribution in [2.24, 2.45) is 0 Å². The Labute approximate surface area is 100.0 Å². The number of alkyl halides is 1. The van der Waals surface area contributed by atoms with Crippen molar-refractivity contribution in [3.05, 3.63) is 34.9 Å². The van der Waals surface area contributed by atoms with E-state index in [4.69, 9.17) is 23.2 Å². The quantitative estimate of drug-likeness (QED) is 0.696. The molecule has 0 saturated carbocycles. The first-order valence-electron chi connectivity index (χ1n) is 4.59. The van der Waals surface area contributed by atoms with Crippen molar-refractivity contribution in [3.8, 4) is 0 Å². The fourth-order valence-electron chi connectivity index (χ4n) is 1.38. The minimum atomic E-state index is 0.387. The summed E-state index contributed by atoms with van der Waals surface area (Å²) in [5, 5.41) is 0.833. The number of halogens is 2. The van der Waals surface area contributed by atoms with Gasteiger partial charge in [-0.2, -0.15) is 11.8 Å². The van der Waals surface area contributed by atoms with E-state index in [1.165, 1.54) is 5.56 Å². The fraction of sp³-hybridized carbons (Fsp3) is 0.455. The van der Waals surface area contributed by atoms with Crippen LogP contribution in [0.5, 0.6) is 0 Å². The van der Waals surface area contributed by atoms with Gasteiger partial charge in [0, 0.05) is 10.9 Å². The molecular weight excluding hydrogens is 235 g/mol. The molecule has 1 aromatic carbocycles. The summed E-state index contributed by atoms with van der Waals surface area (Å²) in [7, 11) is 0. The van der Waals surface area contributed by atoms with Crippen LogP contribution in [0.15, 0.2) is 24.3 Å². The monoisotopic (exact) mass is 248 g/mol. The first-order valence-corrected chi connectivity index (χ1v) is 6.89. The number of thioether (sulfide) groups is 1. The van der Waals surface area contributed by atoms with E-state index >= 15 is 0 Å². The van der Waals surface area contributed by atoms with Gasteiger partial charge in [-0.15, -0.1) is 11.6 Å². The zero-order valence-corrected chi connectivity index (χ0v) is 10.5. The van der Waals surface area contributed by atoms with Crippen molar-refractivity contribution >= 4 is 35.0 Å². The average Bonchev–Trinajstić information content (AvgIpc) is 2.21.